The van der Waals surface area contributed by atoms with Gasteiger partial charge in [0.05, 0.1) is 12.7 Å². The van der Waals surface area contributed by atoms with Gasteiger partial charge < -0.3 is 15.2 Å². The van der Waals surface area contributed by atoms with E-state index in [1.807, 2.05) is 6.92 Å². The van der Waals surface area contributed by atoms with Crippen molar-refractivity contribution in [2.45, 2.75) is 51.7 Å². The summed E-state index contributed by atoms with van der Waals surface area (Å²) in [6, 6.07) is 0.531. The standard InChI is InChI=1S/C12H25NO2/c1-3-15-9-12(14)8-13-10(2)11-6-4-5-7-11/h10-14H,3-9H2,1-2H3/t10-,12?/m1/s1. The normalized spacial score (nSPS) is 21.8. The maximum Gasteiger partial charge on any atom is 0.0897 e. The Morgan fingerprint density at radius 2 is 2.07 bits per heavy atom. The van der Waals surface area contributed by atoms with E-state index in [0.717, 1.165) is 5.92 Å². The van der Waals surface area contributed by atoms with Gasteiger partial charge in [0.1, 0.15) is 0 Å². The molecule has 0 spiro atoms. The van der Waals surface area contributed by atoms with Crippen LogP contribution in [0.4, 0.5) is 0 Å². The molecule has 0 bridgehead atoms. The minimum atomic E-state index is -0.367. The number of aliphatic hydroxyl groups excluding tert-OH is 1. The fourth-order valence-electron chi connectivity index (χ4n) is 2.26. The molecule has 0 radical (unpaired) electrons. The average Bonchev–Trinajstić information content (AvgIpc) is 2.76. The highest BCUT2D eigenvalue weighted by Crippen LogP contribution is 2.27. The second-order valence-corrected chi connectivity index (χ2v) is 4.55. The van der Waals surface area contributed by atoms with Crippen LogP contribution in [-0.2, 0) is 4.74 Å². The molecule has 0 saturated heterocycles. The van der Waals surface area contributed by atoms with Crippen LogP contribution in [0.15, 0.2) is 0 Å². The molecule has 1 rings (SSSR count). The van der Waals surface area contributed by atoms with E-state index in [1.54, 1.807) is 0 Å². The summed E-state index contributed by atoms with van der Waals surface area (Å²) in [5.41, 5.74) is 0. The van der Waals surface area contributed by atoms with E-state index in [0.29, 0.717) is 25.8 Å². The molecular formula is C12H25NO2. The van der Waals surface area contributed by atoms with Gasteiger partial charge in [0.2, 0.25) is 0 Å². The smallest absolute Gasteiger partial charge is 0.0897 e. The van der Waals surface area contributed by atoms with Gasteiger partial charge in [-0.1, -0.05) is 12.8 Å². The molecule has 0 amide bonds. The number of rotatable bonds is 7. The molecule has 0 aromatic carbocycles. The lowest BCUT2D eigenvalue weighted by atomic mass is 10.00. The van der Waals surface area contributed by atoms with Crippen LogP contribution in [0.5, 0.6) is 0 Å². The third-order valence-electron chi connectivity index (χ3n) is 3.30. The van der Waals surface area contributed by atoms with E-state index >= 15 is 0 Å². The molecule has 1 fully saturated rings. The molecule has 2 atom stereocenters. The van der Waals surface area contributed by atoms with Crippen molar-refractivity contribution in [1.82, 2.24) is 5.32 Å². The van der Waals surface area contributed by atoms with Crippen molar-refractivity contribution < 1.29 is 9.84 Å². The van der Waals surface area contributed by atoms with Gasteiger partial charge >= 0.3 is 0 Å². The molecule has 1 saturated carbocycles. The summed E-state index contributed by atoms with van der Waals surface area (Å²) >= 11 is 0. The molecule has 0 aliphatic heterocycles. The van der Waals surface area contributed by atoms with Crippen LogP contribution in [0, 0.1) is 5.92 Å². The predicted octanol–water partition coefficient (Wildman–Crippen LogP) is 1.55. The Kier molecular flexibility index (Phi) is 6.22. The van der Waals surface area contributed by atoms with Crippen molar-refractivity contribution in [3.05, 3.63) is 0 Å². The first-order valence-electron chi connectivity index (χ1n) is 6.23. The van der Waals surface area contributed by atoms with Gasteiger partial charge in [-0.25, -0.2) is 0 Å². The van der Waals surface area contributed by atoms with E-state index < -0.39 is 0 Å². The van der Waals surface area contributed by atoms with Crippen molar-refractivity contribution in [1.29, 1.82) is 0 Å². The fraction of sp³-hybridized carbons (Fsp3) is 1.00. The van der Waals surface area contributed by atoms with Gasteiger partial charge in [-0.3, -0.25) is 0 Å². The van der Waals surface area contributed by atoms with Crippen LogP contribution in [0.3, 0.4) is 0 Å². The van der Waals surface area contributed by atoms with E-state index in [9.17, 15) is 5.11 Å². The third kappa shape index (κ3) is 4.96. The number of nitrogens with one attached hydrogen (secondary N) is 1. The Hall–Kier alpha value is -0.120. The second kappa shape index (κ2) is 7.20. The van der Waals surface area contributed by atoms with E-state index in [2.05, 4.69) is 12.2 Å². The zero-order chi connectivity index (χ0) is 11.1. The Morgan fingerprint density at radius 1 is 1.40 bits per heavy atom. The molecule has 3 nitrogen and oxygen atoms in total. The fourth-order valence-corrected chi connectivity index (χ4v) is 2.26. The van der Waals surface area contributed by atoms with Gasteiger partial charge in [-0.05, 0) is 32.6 Å². The number of hydrogen-bond acceptors (Lipinski definition) is 3. The minimum Gasteiger partial charge on any atom is -0.389 e. The quantitative estimate of drug-likeness (QED) is 0.677. The summed E-state index contributed by atoms with van der Waals surface area (Å²) in [4.78, 5) is 0. The largest absolute Gasteiger partial charge is 0.389 e. The van der Waals surface area contributed by atoms with Crippen LogP contribution in [-0.4, -0.2) is 37.0 Å². The van der Waals surface area contributed by atoms with Crippen LogP contribution in [0.2, 0.25) is 0 Å². The first-order valence-corrected chi connectivity index (χ1v) is 6.23. The van der Waals surface area contributed by atoms with Crippen LogP contribution < -0.4 is 5.32 Å². The lowest BCUT2D eigenvalue weighted by molar-refractivity contribution is 0.0406. The van der Waals surface area contributed by atoms with E-state index in [1.165, 1.54) is 25.7 Å². The van der Waals surface area contributed by atoms with Crippen LogP contribution in [0.25, 0.3) is 0 Å². The van der Waals surface area contributed by atoms with Gasteiger partial charge in [0, 0.05) is 19.2 Å². The number of ether oxygens (including phenoxy) is 1. The maximum absolute atomic E-state index is 9.58. The number of aliphatic hydroxyl groups is 1. The molecule has 0 aromatic heterocycles. The molecule has 1 aliphatic carbocycles. The van der Waals surface area contributed by atoms with Crippen molar-refractivity contribution in [3.63, 3.8) is 0 Å². The molecule has 15 heavy (non-hydrogen) atoms. The molecule has 0 aromatic rings. The maximum atomic E-state index is 9.58. The SMILES string of the molecule is CCOCC(O)CN[C@H](C)C1CCCC1. The topological polar surface area (TPSA) is 41.5 Å². The van der Waals surface area contributed by atoms with E-state index in [-0.39, 0.29) is 6.10 Å². The second-order valence-electron chi connectivity index (χ2n) is 4.55. The van der Waals surface area contributed by atoms with E-state index in [4.69, 9.17) is 4.74 Å². The Balaban J connectivity index is 2.07. The van der Waals surface area contributed by atoms with Crippen molar-refractivity contribution in [2.75, 3.05) is 19.8 Å². The lowest BCUT2D eigenvalue weighted by Crippen LogP contribution is -2.39. The predicted molar refractivity (Wildman–Crippen MR) is 61.9 cm³/mol. The Bertz CT molecular complexity index is 158. The van der Waals surface area contributed by atoms with Gasteiger partial charge in [-0.2, -0.15) is 0 Å². The minimum absolute atomic E-state index is 0.367. The summed E-state index contributed by atoms with van der Waals surface area (Å²) in [5, 5.41) is 13.0. The van der Waals surface area contributed by atoms with Crippen molar-refractivity contribution in [2.24, 2.45) is 5.92 Å². The van der Waals surface area contributed by atoms with Gasteiger partial charge in [0.15, 0.2) is 0 Å². The van der Waals surface area contributed by atoms with Crippen LogP contribution in [0.1, 0.15) is 39.5 Å². The molecule has 2 N–H and O–H groups in total. The summed E-state index contributed by atoms with van der Waals surface area (Å²) in [6.45, 7) is 5.94. The average molecular weight is 215 g/mol. The summed E-state index contributed by atoms with van der Waals surface area (Å²) in [5.74, 6) is 0.810. The third-order valence-corrected chi connectivity index (χ3v) is 3.30. The summed E-state index contributed by atoms with van der Waals surface area (Å²) in [6.07, 6.45) is 5.07. The zero-order valence-corrected chi connectivity index (χ0v) is 10.0. The van der Waals surface area contributed by atoms with Gasteiger partial charge in [-0.15, -0.1) is 0 Å². The summed E-state index contributed by atoms with van der Waals surface area (Å²) in [7, 11) is 0. The van der Waals surface area contributed by atoms with Crippen LogP contribution >= 0.6 is 0 Å². The Labute approximate surface area is 93.2 Å². The highest BCUT2D eigenvalue weighted by molar-refractivity contribution is 4.78. The first-order chi connectivity index (χ1) is 7.24. The number of hydrogen-bond donors (Lipinski definition) is 2. The lowest BCUT2D eigenvalue weighted by Gasteiger charge is -2.22. The molecule has 0 heterocycles. The monoisotopic (exact) mass is 215 g/mol. The molecule has 3 heteroatoms. The van der Waals surface area contributed by atoms with Crippen molar-refractivity contribution >= 4 is 0 Å². The highest BCUT2D eigenvalue weighted by Gasteiger charge is 2.21. The van der Waals surface area contributed by atoms with Crippen molar-refractivity contribution in [3.8, 4) is 0 Å². The molecule has 1 unspecified atom stereocenters. The molecule has 90 valence electrons. The highest BCUT2D eigenvalue weighted by atomic mass is 16.5. The van der Waals surface area contributed by atoms with Gasteiger partial charge in [0.25, 0.3) is 0 Å². The molecule has 1 aliphatic rings. The summed E-state index contributed by atoms with van der Waals surface area (Å²) < 4.78 is 5.16. The first kappa shape index (κ1) is 12.9. The molecular weight excluding hydrogens is 190 g/mol. The Morgan fingerprint density at radius 3 is 2.67 bits per heavy atom. The zero-order valence-electron chi connectivity index (χ0n) is 10.0.